The van der Waals surface area contributed by atoms with Crippen molar-refractivity contribution in [2.45, 2.75) is 17.6 Å². The van der Waals surface area contributed by atoms with Gasteiger partial charge in [-0.25, -0.2) is 13.6 Å². The number of benzene rings is 1. The second-order valence-electron chi connectivity index (χ2n) is 4.69. The zero-order chi connectivity index (χ0) is 14.1. The summed E-state index contributed by atoms with van der Waals surface area (Å²) in [5, 5.41) is 5.41. The fraction of sp³-hybridized carbons (Fsp3) is 0.286. The minimum absolute atomic E-state index is 0.372. The zero-order valence-corrected chi connectivity index (χ0v) is 11.7. The lowest BCUT2D eigenvalue weighted by molar-refractivity contribution is 0.405. The second-order valence-corrected chi connectivity index (χ2v) is 6.66. The molecule has 2 N–H and O–H groups in total. The van der Waals surface area contributed by atoms with Gasteiger partial charge < -0.3 is 4.74 Å². The van der Waals surface area contributed by atoms with Gasteiger partial charge in [-0.2, -0.15) is 0 Å². The van der Waals surface area contributed by atoms with E-state index in [1.54, 1.807) is 26.2 Å². The predicted octanol–water partition coefficient (Wildman–Crippen LogP) is 1.95. The van der Waals surface area contributed by atoms with Crippen LogP contribution < -0.4 is 9.88 Å². The lowest BCUT2D eigenvalue weighted by Gasteiger charge is -2.33. The van der Waals surface area contributed by atoms with Gasteiger partial charge in [0.2, 0.25) is 10.0 Å². The Hall–Kier alpha value is -1.59. The number of hydrogen-bond donors (Lipinski definition) is 1. The smallest absolute Gasteiger partial charge is 0.219 e. The highest BCUT2D eigenvalue weighted by atomic mass is 32.2. The topological polar surface area (TPSA) is 69.4 Å². The number of rotatable bonds is 3. The van der Waals surface area contributed by atoms with Gasteiger partial charge in [0.05, 0.1) is 7.11 Å². The van der Waals surface area contributed by atoms with Gasteiger partial charge in [0.15, 0.2) is 0 Å². The number of sulfonamides is 1. The van der Waals surface area contributed by atoms with E-state index in [9.17, 15) is 8.42 Å². The van der Waals surface area contributed by atoms with Gasteiger partial charge >= 0.3 is 0 Å². The minimum atomic E-state index is -3.74. The van der Waals surface area contributed by atoms with Crippen LogP contribution in [-0.2, 0) is 10.0 Å². The summed E-state index contributed by atoms with van der Waals surface area (Å²) >= 11 is 0. The number of allylic oxidation sites excluding steroid dienone is 3. The van der Waals surface area contributed by atoms with Crippen molar-refractivity contribution in [3.8, 4) is 5.75 Å². The molecule has 2 rings (SSSR count). The fourth-order valence-electron chi connectivity index (χ4n) is 2.32. The maximum atomic E-state index is 11.9. The molecular formula is C14H17NO3S. The first-order valence-electron chi connectivity index (χ1n) is 5.91. The molecule has 1 aromatic rings. The number of hydrogen-bond acceptors (Lipinski definition) is 3. The SMILES string of the molecule is COc1ccccc1C1C=CC=CC1(C)S(N)(=O)=O. The summed E-state index contributed by atoms with van der Waals surface area (Å²) in [5.74, 6) is 0.283. The molecule has 2 unspecified atom stereocenters. The van der Waals surface area contributed by atoms with Crippen molar-refractivity contribution in [2.24, 2.45) is 5.14 Å². The largest absolute Gasteiger partial charge is 0.496 e. The van der Waals surface area contributed by atoms with Crippen LogP contribution in [0.5, 0.6) is 5.75 Å². The van der Waals surface area contributed by atoms with Gasteiger partial charge in [0.1, 0.15) is 10.5 Å². The van der Waals surface area contributed by atoms with E-state index in [0.717, 1.165) is 5.56 Å². The van der Waals surface area contributed by atoms with Crippen LogP contribution in [0.4, 0.5) is 0 Å². The quantitative estimate of drug-likeness (QED) is 0.919. The van der Waals surface area contributed by atoms with Crippen LogP contribution in [0.15, 0.2) is 48.6 Å². The molecule has 4 nitrogen and oxygen atoms in total. The molecule has 2 atom stereocenters. The van der Waals surface area contributed by atoms with Crippen LogP contribution in [0.2, 0.25) is 0 Å². The van der Waals surface area contributed by atoms with E-state index in [4.69, 9.17) is 9.88 Å². The number of primary sulfonamides is 1. The number of nitrogens with two attached hydrogens (primary N) is 1. The Balaban J connectivity index is 2.60. The molecule has 0 saturated carbocycles. The van der Waals surface area contributed by atoms with Gasteiger partial charge in [0.25, 0.3) is 0 Å². The third-order valence-electron chi connectivity index (χ3n) is 3.55. The van der Waals surface area contributed by atoms with Crippen molar-refractivity contribution in [3.63, 3.8) is 0 Å². The average Bonchev–Trinajstić information content (AvgIpc) is 2.38. The summed E-state index contributed by atoms with van der Waals surface area (Å²) in [4.78, 5) is 0. The maximum absolute atomic E-state index is 11.9. The van der Waals surface area contributed by atoms with E-state index >= 15 is 0 Å². The normalized spacial score (nSPS) is 26.4. The first-order valence-corrected chi connectivity index (χ1v) is 7.46. The van der Waals surface area contributed by atoms with Crippen molar-refractivity contribution in [2.75, 3.05) is 7.11 Å². The Morgan fingerprint density at radius 2 is 1.95 bits per heavy atom. The molecule has 1 aromatic carbocycles. The van der Waals surface area contributed by atoms with Crippen molar-refractivity contribution >= 4 is 10.0 Å². The summed E-state index contributed by atoms with van der Waals surface area (Å²) in [6.45, 7) is 1.62. The summed E-state index contributed by atoms with van der Waals surface area (Å²) in [7, 11) is -2.18. The monoisotopic (exact) mass is 279 g/mol. The first-order chi connectivity index (χ1) is 8.90. The number of para-hydroxylation sites is 1. The molecule has 0 aromatic heterocycles. The standard InChI is InChI=1S/C14H17NO3S/c1-14(19(15,16)17)10-6-5-8-12(14)11-7-3-4-9-13(11)18-2/h3-10,12H,1-2H3,(H2,15,16,17). The molecule has 0 spiro atoms. The second kappa shape index (κ2) is 4.83. The van der Waals surface area contributed by atoms with Crippen LogP contribution in [0.25, 0.3) is 0 Å². The highest BCUT2D eigenvalue weighted by molar-refractivity contribution is 7.90. The van der Waals surface area contributed by atoms with Crippen LogP contribution in [0.3, 0.4) is 0 Å². The first kappa shape index (κ1) is 13.8. The van der Waals surface area contributed by atoms with Gasteiger partial charge in [-0.3, -0.25) is 0 Å². The van der Waals surface area contributed by atoms with E-state index in [2.05, 4.69) is 0 Å². The van der Waals surface area contributed by atoms with E-state index < -0.39 is 14.8 Å². The lowest BCUT2D eigenvalue weighted by Crippen LogP contribution is -2.44. The third kappa shape index (κ3) is 2.31. The molecule has 0 fully saturated rings. The molecule has 19 heavy (non-hydrogen) atoms. The van der Waals surface area contributed by atoms with Crippen LogP contribution in [-0.4, -0.2) is 20.3 Å². The van der Waals surface area contributed by atoms with Crippen LogP contribution in [0, 0.1) is 0 Å². The molecule has 0 heterocycles. The zero-order valence-electron chi connectivity index (χ0n) is 10.9. The summed E-state index contributed by atoms with van der Waals surface area (Å²) in [6, 6.07) is 7.37. The predicted molar refractivity (Wildman–Crippen MR) is 75.5 cm³/mol. The summed E-state index contributed by atoms with van der Waals surface area (Å²) in [6.07, 6.45) is 6.99. The molecule has 1 aliphatic carbocycles. The van der Waals surface area contributed by atoms with E-state index in [1.807, 2.05) is 36.4 Å². The molecule has 0 bridgehead atoms. The minimum Gasteiger partial charge on any atom is -0.496 e. The van der Waals surface area contributed by atoms with Crippen molar-refractivity contribution in [3.05, 3.63) is 54.1 Å². The molecule has 5 heteroatoms. The number of methoxy groups -OCH3 is 1. The van der Waals surface area contributed by atoms with E-state index in [1.165, 1.54) is 0 Å². The molecule has 0 radical (unpaired) electrons. The maximum Gasteiger partial charge on any atom is 0.219 e. The summed E-state index contributed by atoms with van der Waals surface area (Å²) < 4.78 is 28.0. The van der Waals surface area contributed by atoms with Crippen molar-refractivity contribution in [1.82, 2.24) is 0 Å². The fourth-order valence-corrected chi connectivity index (χ4v) is 3.15. The van der Waals surface area contributed by atoms with Gasteiger partial charge in [0, 0.05) is 11.5 Å². The van der Waals surface area contributed by atoms with Crippen molar-refractivity contribution in [1.29, 1.82) is 0 Å². The highest BCUT2D eigenvalue weighted by Crippen LogP contribution is 2.41. The molecule has 0 aliphatic heterocycles. The Kier molecular flexibility index (Phi) is 3.52. The van der Waals surface area contributed by atoms with Crippen molar-refractivity contribution < 1.29 is 13.2 Å². The third-order valence-corrected chi connectivity index (χ3v) is 5.16. The Bertz CT molecular complexity index is 634. The molecule has 102 valence electrons. The van der Waals surface area contributed by atoms with E-state index in [-0.39, 0.29) is 5.92 Å². The Morgan fingerprint density at radius 1 is 1.26 bits per heavy atom. The van der Waals surface area contributed by atoms with Crippen LogP contribution in [0.1, 0.15) is 18.4 Å². The number of ether oxygens (including phenoxy) is 1. The average molecular weight is 279 g/mol. The highest BCUT2D eigenvalue weighted by Gasteiger charge is 2.43. The Labute approximate surface area is 113 Å². The molecule has 0 amide bonds. The lowest BCUT2D eigenvalue weighted by atomic mass is 9.83. The molecule has 0 saturated heterocycles. The Morgan fingerprint density at radius 3 is 2.58 bits per heavy atom. The van der Waals surface area contributed by atoms with Crippen LogP contribution >= 0.6 is 0 Å². The van der Waals surface area contributed by atoms with Gasteiger partial charge in [-0.05, 0) is 13.0 Å². The van der Waals surface area contributed by atoms with Gasteiger partial charge in [-0.15, -0.1) is 0 Å². The van der Waals surface area contributed by atoms with Gasteiger partial charge in [-0.1, -0.05) is 42.5 Å². The van der Waals surface area contributed by atoms with E-state index in [0.29, 0.717) is 5.75 Å². The molecular weight excluding hydrogens is 262 g/mol. The summed E-state index contributed by atoms with van der Waals surface area (Å²) in [5.41, 5.74) is 0.808. The molecule has 1 aliphatic rings.